The molecule has 106 valence electrons. The molecule has 0 spiro atoms. The molecule has 2 aliphatic heterocycles. The van der Waals surface area contributed by atoms with Gasteiger partial charge in [-0.05, 0) is 39.7 Å². The van der Waals surface area contributed by atoms with Crippen LogP contribution in [0, 0.1) is 0 Å². The molecule has 2 rings (SSSR count). The van der Waals surface area contributed by atoms with E-state index in [4.69, 9.17) is 0 Å². The van der Waals surface area contributed by atoms with Crippen LogP contribution in [0.5, 0.6) is 0 Å². The molecule has 0 aliphatic carbocycles. The monoisotopic (exact) mass is 274 g/mol. The average Bonchev–Trinajstić information content (AvgIpc) is 2.68. The van der Waals surface area contributed by atoms with E-state index in [9.17, 15) is 8.42 Å². The quantitative estimate of drug-likeness (QED) is 0.832. The lowest BCUT2D eigenvalue weighted by Crippen LogP contribution is -2.50. The third-order valence-corrected chi connectivity index (χ3v) is 6.80. The molecule has 0 radical (unpaired) electrons. The molecular formula is C13H26N2O2S. The summed E-state index contributed by atoms with van der Waals surface area (Å²) in [4.78, 5) is 2.56. The Bertz CT molecular complexity index is 392. The van der Waals surface area contributed by atoms with Crippen molar-refractivity contribution in [1.82, 2.24) is 10.2 Å². The van der Waals surface area contributed by atoms with Gasteiger partial charge in [-0.2, -0.15) is 0 Å². The Labute approximate surface area is 111 Å². The maximum atomic E-state index is 11.7. The molecule has 0 saturated carbocycles. The van der Waals surface area contributed by atoms with Gasteiger partial charge in [0, 0.05) is 31.4 Å². The van der Waals surface area contributed by atoms with Gasteiger partial charge in [0.1, 0.15) is 0 Å². The predicted molar refractivity (Wildman–Crippen MR) is 74.5 cm³/mol. The summed E-state index contributed by atoms with van der Waals surface area (Å²) in [5.41, 5.74) is 0. The van der Waals surface area contributed by atoms with Crippen LogP contribution in [0.15, 0.2) is 0 Å². The van der Waals surface area contributed by atoms with Crippen molar-refractivity contribution in [2.24, 2.45) is 0 Å². The Morgan fingerprint density at radius 3 is 2.61 bits per heavy atom. The van der Waals surface area contributed by atoms with E-state index < -0.39 is 14.6 Å². The molecule has 0 aromatic heterocycles. The summed E-state index contributed by atoms with van der Waals surface area (Å²) in [6, 6.07) is 1.11. The Hall–Kier alpha value is -0.130. The van der Waals surface area contributed by atoms with E-state index in [0.29, 0.717) is 18.6 Å². The van der Waals surface area contributed by atoms with Crippen LogP contribution in [0.2, 0.25) is 0 Å². The molecule has 2 atom stereocenters. The molecule has 18 heavy (non-hydrogen) atoms. The van der Waals surface area contributed by atoms with Crippen molar-refractivity contribution in [3.05, 3.63) is 0 Å². The van der Waals surface area contributed by atoms with E-state index in [2.05, 4.69) is 10.2 Å². The zero-order valence-electron chi connectivity index (χ0n) is 11.8. The molecule has 2 saturated heterocycles. The summed E-state index contributed by atoms with van der Waals surface area (Å²) in [6.07, 6.45) is 6.38. The van der Waals surface area contributed by atoms with Crippen LogP contribution in [0.1, 0.15) is 39.5 Å². The lowest BCUT2D eigenvalue weighted by atomic mass is 9.98. The first-order chi connectivity index (χ1) is 8.31. The van der Waals surface area contributed by atoms with Crippen molar-refractivity contribution in [2.45, 2.75) is 56.4 Å². The van der Waals surface area contributed by atoms with Gasteiger partial charge in [-0.15, -0.1) is 0 Å². The first kappa shape index (κ1) is 14.3. The van der Waals surface area contributed by atoms with Crippen molar-refractivity contribution in [3.8, 4) is 0 Å². The van der Waals surface area contributed by atoms with Crippen LogP contribution < -0.4 is 5.32 Å². The fourth-order valence-electron chi connectivity index (χ4n) is 2.99. The number of piperidine rings is 1. The molecule has 0 aromatic carbocycles. The molecule has 2 heterocycles. The second-order valence-electron chi connectivity index (χ2n) is 6.41. The van der Waals surface area contributed by atoms with Crippen LogP contribution in [0.25, 0.3) is 0 Å². The third kappa shape index (κ3) is 2.89. The number of nitrogens with zero attached hydrogens (tertiary/aromatic N) is 1. The first-order valence-electron chi connectivity index (χ1n) is 6.98. The molecule has 4 nitrogen and oxygen atoms in total. The summed E-state index contributed by atoms with van der Waals surface area (Å²) >= 11 is 0. The number of nitrogens with one attached hydrogen (secondary N) is 1. The van der Waals surface area contributed by atoms with Crippen molar-refractivity contribution in [3.63, 3.8) is 0 Å². The number of sulfone groups is 1. The second kappa shape index (κ2) is 5.10. The third-order valence-electron chi connectivity index (χ3n) is 4.65. The molecule has 0 aromatic rings. The van der Waals surface area contributed by atoms with Crippen molar-refractivity contribution < 1.29 is 8.42 Å². The molecular weight excluding hydrogens is 248 g/mol. The highest BCUT2D eigenvalue weighted by atomic mass is 32.2. The van der Waals surface area contributed by atoms with Gasteiger partial charge in [-0.3, -0.25) is 4.90 Å². The van der Waals surface area contributed by atoms with E-state index in [1.165, 1.54) is 38.6 Å². The van der Waals surface area contributed by atoms with Crippen LogP contribution in [-0.4, -0.2) is 56.0 Å². The Kier molecular flexibility index (Phi) is 4.04. The maximum absolute atomic E-state index is 11.7. The highest BCUT2D eigenvalue weighted by Crippen LogP contribution is 2.27. The van der Waals surface area contributed by atoms with Crippen LogP contribution in [0.3, 0.4) is 0 Å². The first-order valence-corrected chi connectivity index (χ1v) is 8.87. The van der Waals surface area contributed by atoms with Gasteiger partial charge < -0.3 is 5.32 Å². The molecule has 5 heteroatoms. The number of hydrogen-bond acceptors (Lipinski definition) is 4. The largest absolute Gasteiger partial charge is 0.311 e. The standard InChI is InChI=1S/C13H26N2O2S/c1-13(2,18(3,16)17)10-14-11-7-9-15-8-5-4-6-12(11)15/h11-12,14H,4-10H2,1-3H3. The summed E-state index contributed by atoms with van der Waals surface area (Å²) in [6.45, 7) is 6.56. The van der Waals surface area contributed by atoms with Gasteiger partial charge in [0.15, 0.2) is 9.84 Å². The lowest BCUT2D eigenvalue weighted by molar-refractivity contribution is 0.180. The number of rotatable bonds is 4. The second-order valence-corrected chi connectivity index (χ2v) is 9.06. The summed E-state index contributed by atoms with van der Waals surface area (Å²) in [5.74, 6) is 0. The Morgan fingerprint density at radius 2 is 1.94 bits per heavy atom. The van der Waals surface area contributed by atoms with Gasteiger partial charge in [-0.25, -0.2) is 8.42 Å². The topological polar surface area (TPSA) is 49.4 Å². The minimum atomic E-state index is -3.00. The van der Waals surface area contributed by atoms with E-state index >= 15 is 0 Å². The highest BCUT2D eigenvalue weighted by Gasteiger charge is 2.37. The predicted octanol–water partition coefficient (Wildman–Crippen LogP) is 1.03. The summed E-state index contributed by atoms with van der Waals surface area (Å²) in [5, 5.41) is 3.51. The minimum absolute atomic E-state index is 0.478. The SMILES string of the molecule is CC(C)(CNC1CCN2CCCCC12)S(C)(=O)=O. The maximum Gasteiger partial charge on any atom is 0.153 e. The lowest BCUT2D eigenvalue weighted by Gasteiger charge is -2.34. The van der Waals surface area contributed by atoms with Crippen molar-refractivity contribution in [1.29, 1.82) is 0 Å². The smallest absolute Gasteiger partial charge is 0.153 e. The van der Waals surface area contributed by atoms with Gasteiger partial charge in [0.05, 0.1) is 4.75 Å². The fourth-order valence-corrected chi connectivity index (χ4v) is 3.34. The molecule has 0 bridgehead atoms. The van der Waals surface area contributed by atoms with Gasteiger partial charge in [0.25, 0.3) is 0 Å². The fraction of sp³-hybridized carbons (Fsp3) is 1.00. The number of hydrogen-bond donors (Lipinski definition) is 1. The van der Waals surface area contributed by atoms with Crippen molar-refractivity contribution >= 4 is 9.84 Å². The van der Waals surface area contributed by atoms with E-state index in [0.717, 1.165) is 6.42 Å². The van der Waals surface area contributed by atoms with Crippen molar-refractivity contribution in [2.75, 3.05) is 25.9 Å². The van der Waals surface area contributed by atoms with Gasteiger partial charge in [-0.1, -0.05) is 6.42 Å². The van der Waals surface area contributed by atoms with Crippen LogP contribution in [0.4, 0.5) is 0 Å². The van der Waals surface area contributed by atoms with Gasteiger partial charge in [0.2, 0.25) is 0 Å². The van der Waals surface area contributed by atoms with Crippen LogP contribution >= 0.6 is 0 Å². The van der Waals surface area contributed by atoms with Gasteiger partial charge >= 0.3 is 0 Å². The molecule has 2 aliphatic rings. The average molecular weight is 274 g/mol. The molecule has 2 fully saturated rings. The zero-order valence-corrected chi connectivity index (χ0v) is 12.6. The van der Waals surface area contributed by atoms with E-state index in [1.54, 1.807) is 0 Å². The molecule has 2 unspecified atom stereocenters. The molecule has 1 N–H and O–H groups in total. The highest BCUT2D eigenvalue weighted by molar-refractivity contribution is 7.92. The van der Waals surface area contributed by atoms with Crippen LogP contribution in [-0.2, 0) is 9.84 Å². The summed E-state index contributed by atoms with van der Waals surface area (Å²) in [7, 11) is -3.00. The summed E-state index contributed by atoms with van der Waals surface area (Å²) < 4.78 is 22.7. The molecule has 0 amide bonds. The minimum Gasteiger partial charge on any atom is -0.311 e. The Morgan fingerprint density at radius 1 is 1.22 bits per heavy atom. The number of fused-ring (bicyclic) bond motifs is 1. The van der Waals surface area contributed by atoms with E-state index in [1.807, 2.05) is 13.8 Å². The normalized spacial score (nSPS) is 30.4. The Balaban J connectivity index is 1.91. The van der Waals surface area contributed by atoms with E-state index in [-0.39, 0.29) is 0 Å². The zero-order chi connectivity index (χ0) is 13.4.